The predicted molar refractivity (Wildman–Crippen MR) is 137 cm³/mol. The van der Waals surface area contributed by atoms with Crippen LogP contribution in [0.3, 0.4) is 0 Å². The van der Waals surface area contributed by atoms with Gasteiger partial charge in [-0.2, -0.15) is 0 Å². The number of hydrogen-bond donors (Lipinski definition) is 2. The van der Waals surface area contributed by atoms with Crippen LogP contribution >= 0.6 is 0 Å². The van der Waals surface area contributed by atoms with E-state index >= 15 is 0 Å². The van der Waals surface area contributed by atoms with E-state index in [1.807, 2.05) is 0 Å². The van der Waals surface area contributed by atoms with Crippen molar-refractivity contribution in [3.8, 4) is 11.5 Å². The number of nitrogens with one attached hydrogen (secondary N) is 2. The number of carbonyl (C=O) groups excluding carboxylic acids is 5. The Balaban J connectivity index is 2.04. The summed E-state index contributed by atoms with van der Waals surface area (Å²) in [5, 5.41) is 5.24. The lowest BCUT2D eigenvalue weighted by atomic mass is 9.94. The standard InChI is InChI=1S/C26H30N4O11/c1-13(31)38-12-20-22(39-14(2)32)23(40-15(3)33)21(29-24(34)18-10-16(36-4)6-8-27-18)26(41-20)30-25(35)19-11-17(37-5)7-9-28-19/h6-11,20-23,26H,12H2,1-5H3,(H,29,34)(H,30,35)/t20-,21-,22-,23-,26+/m1/s1. The van der Waals surface area contributed by atoms with Crippen molar-refractivity contribution in [2.75, 3.05) is 20.8 Å². The van der Waals surface area contributed by atoms with Crippen molar-refractivity contribution in [1.29, 1.82) is 0 Å². The number of methoxy groups -OCH3 is 2. The molecule has 3 heterocycles. The lowest BCUT2D eigenvalue weighted by molar-refractivity contribution is -0.225. The highest BCUT2D eigenvalue weighted by Gasteiger charge is 2.51. The van der Waals surface area contributed by atoms with Gasteiger partial charge in [0.1, 0.15) is 41.6 Å². The van der Waals surface area contributed by atoms with E-state index in [1.165, 1.54) is 50.9 Å². The Morgan fingerprint density at radius 3 is 1.78 bits per heavy atom. The molecule has 0 saturated carbocycles. The van der Waals surface area contributed by atoms with Crippen molar-refractivity contribution < 1.29 is 52.4 Å². The quantitative estimate of drug-likeness (QED) is 0.289. The summed E-state index contributed by atoms with van der Waals surface area (Å²) in [5.41, 5.74) is -0.133. The van der Waals surface area contributed by atoms with Crippen LogP contribution in [0.15, 0.2) is 36.7 Å². The van der Waals surface area contributed by atoms with Crippen LogP contribution in [0.4, 0.5) is 0 Å². The Labute approximate surface area is 234 Å². The van der Waals surface area contributed by atoms with Gasteiger partial charge in [-0.15, -0.1) is 0 Å². The molecule has 3 rings (SSSR count). The van der Waals surface area contributed by atoms with Gasteiger partial charge in [0.2, 0.25) is 0 Å². The number of ether oxygens (including phenoxy) is 6. The second kappa shape index (κ2) is 14.0. The molecular formula is C26H30N4O11. The molecule has 2 N–H and O–H groups in total. The van der Waals surface area contributed by atoms with Gasteiger partial charge in [0, 0.05) is 45.3 Å². The zero-order valence-corrected chi connectivity index (χ0v) is 22.9. The highest BCUT2D eigenvalue weighted by Crippen LogP contribution is 2.27. The Kier molecular flexibility index (Phi) is 10.5. The topological polar surface area (TPSA) is 191 Å². The number of esters is 3. The summed E-state index contributed by atoms with van der Waals surface area (Å²) in [7, 11) is 2.83. The minimum absolute atomic E-state index is 0.0600. The molecule has 0 spiro atoms. The summed E-state index contributed by atoms with van der Waals surface area (Å²) in [4.78, 5) is 70.3. The van der Waals surface area contributed by atoms with Gasteiger partial charge in [-0.1, -0.05) is 0 Å². The monoisotopic (exact) mass is 574 g/mol. The lowest BCUT2D eigenvalue weighted by Crippen LogP contribution is -2.69. The molecule has 2 amide bonds. The van der Waals surface area contributed by atoms with E-state index in [1.54, 1.807) is 0 Å². The van der Waals surface area contributed by atoms with Crippen molar-refractivity contribution in [2.45, 2.75) is 51.4 Å². The first-order valence-electron chi connectivity index (χ1n) is 12.3. The first-order chi connectivity index (χ1) is 19.5. The first kappa shape index (κ1) is 30.7. The maximum Gasteiger partial charge on any atom is 0.303 e. The van der Waals surface area contributed by atoms with Crippen LogP contribution in [0.2, 0.25) is 0 Å². The van der Waals surface area contributed by atoms with Crippen molar-refractivity contribution in [2.24, 2.45) is 0 Å². The molecule has 5 atom stereocenters. The van der Waals surface area contributed by atoms with E-state index in [0.717, 1.165) is 20.8 Å². The average Bonchev–Trinajstić information content (AvgIpc) is 2.94. The molecule has 15 nitrogen and oxygen atoms in total. The van der Waals surface area contributed by atoms with Crippen LogP contribution in [-0.2, 0) is 33.3 Å². The molecule has 0 bridgehead atoms. The third-order valence-electron chi connectivity index (χ3n) is 5.72. The van der Waals surface area contributed by atoms with Gasteiger partial charge in [0.25, 0.3) is 11.8 Å². The third kappa shape index (κ3) is 8.35. The van der Waals surface area contributed by atoms with E-state index in [-0.39, 0.29) is 11.4 Å². The van der Waals surface area contributed by atoms with Crippen LogP contribution in [0.1, 0.15) is 41.7 Å². The van der Waals surface area contributed by atoms with E-state index in [9.17, 15) is 24.0 Å². The highest BCUT2D eigenvalue weighted by molar-refractivity contribution is 5.94. The number of pyridine rings is 2. The molecule has 1 aliphatic heterocycles. The van der Waals surface area contributed by atoms with E-state index in [4.69, 9.17) is 28.4 Å². The number of hydrogen-bond acceptors (Lipinski definition) is 13. The third-order valence-corrected chi connectivity index (χ3v) is 5.72. The summed E-state index contributed by atoms with van der Waals surface area (Å²) < 4.78 is 32.3. The van der Waals surface area contributed by atoms with Gasteiger partial charge in [-0.25, -0.2) is 0 Å². The summed E-state index contributed by atoms with van der Waals surface area (Å²) in [5.74, 6) is -3.04. The molecular weight excluding hydrogens is 544 g/mol. The molecule has 0 radical (unpaired) electrons. The fourth-order valence-corrected chi connectivity index (χ4v) is 3.97. The zero-order valence-electron chi connectivity index (χ0n) is 22.9. The SMILES string of the molecule is COc1ccnc(C(=O)N[C@@H]2[C@@H](OC(C)=O)[C@H](OC(C)=O)[C@@H](COC(C)=O)O[C@@H]2NC(=O)c2cc(OC)ccn2)c1. The minimum Gasteiger partial charge on any atom is -0.497 e. The van der Waals surface area contributed by atoms with Crippen molar-refractivity contribution in [1.82, 2.24) is 20.6 Å². The highest BCUT2D eigenvalue weighted by atomic mass is 16.6. The van der Waals surface area contributed by atoms with Crippen molar-refractivity contribution in [3.05, 3.63) is 48.0 Å². The normalized spacial score (nSPS) is 21.5. The van der Waals surface area contributed by atoms with E-state index in [0.29, 0.717) is 11.5 Å². The Morgan fingerprint density at radius 2 is 1.29 bits per heavy atom. The molecule has 2 aromatic heterocycles. The molecule has 1 saturated heterocycles. The largest absolute Gasteiger partial charge is 0.497 e. The summed E-state index contributed by atoms with van der Waals surface area (Å²) in [6.45, 7) is 2.94. The van der Waals surface area contributed by atoms with E-state index < -0.39 is 66.9 Å². The Bertz CT molecular complexity index is 1290. The number of carbonyl (C=O) groups is 5. The average molecular weight is 575 g/mol. The van der Waals surface area contributed by atoms with Crippen LogP contribution in [0, 0.1) is 0 Å². The second-order valence-electron chi connectivity index (χ2n) is 8.68. The fraction of sp³-hybridized carbons (Fsp3) is 0.423. The molecule has 15 heteroatoms. The number of rotatable bonds is 10. The zero-order chi connectivity index (χ0) is 30.1. The van der Waals surface area contributed by atoms with E-state index in [2.05, 4.69) is 20.6 Å². The predicted octanol–water partition coefficient (Wildman–Crippen LogP) is 0.174. The van der Waals surface area contributed by atoms with Gasteiger partial charge in [-0.3, -0.25) is 33.9 Å². The van der Waals surface area contributed by atoms with Crippen LogP contribution in [0.25, 0.3) is 0 Å². The number of nitrogens with zero attached hydrogens (tertiary/aromatic N) is 2. The van der Waals surface area contributed by atoms with Gasteiger partial charge >= 0.3 is 17.9 Å². The summed E-state index contributed by atoms with van der Waals surface area (Å²) >= 11 is 0. The second-order valence-corrected chi connectivity index (χ2v) is 8.68. The molecule has 2 aromatic rings. The maximum atomic E-state index is 13.3. The van der Waals surface area contributed by atoms with Crippen LogP contribution in [-0.4, -0.2) is 91.1 Å². The Hall–Kier alpha value is -4.79. The molecule has 0 aromatic carbocycles. The number of aromatic nitrogens is 2. The minimum atomic E-state index is -1.42. The first-order valence-corrected chi connectivity index (χ1v) is 12.3. The maximum absolute atomic E-state index is 13.3. The van der Waals surface area contributed by atoms with Gasteiger partial charge in [0.05, 0.1) is 14.2 Å². The summed E-state index contributed by atoms with van der Waals surface area (Å²) in [6, 6.07) is 4.46. The van der Waals surface area contributed by atoms with Gasteiger partial charge < -0.3 is 39.1 Å². The molecule has 1 fully saturated rings. The van der Waals surface area contributed by atoms with Crippen LogP contribution in [0.5, 0.6) is 11.5 Å². The molecule has 0 aliphatic carbocycles. The van der Waals surface area contributed by atoms with Gasteiger partial charge in [0.15, 0.2) is 18.4 Å². The summed E-state index contributed by atoms with van der Waals surface area (Å²) in [6.07, 6.45) is -2.71. The number of amides is 2. The van der Waals surface area contributed by atoms with Crippen LogP contribution < -0.4 is 20.1 Å². The smallest absolute Gasteiger partial charge is 0.303 e. The molecule has 41 heavy (non-hydrogen) atoms. The molecule has 220 valence electrons. The van der Waals surface area contributed by atoms with Gasteiger partial charge in [-0.05, 0) is 12.1 Å². The lowest BCUT2D eigenvalue weighted by Gasteiger charge is -2.45. The van der Waals surface area contributed by atoms with Crippen molar-refractivity contribution >= 4 is 29.7 Å². The molecule has 1 aliphatic rings. The van der Waals surface area contributed by atoms with Crippen molar-refractivity contribution in [3.63, 3.8) is 0 Å². The fourth-order valence-electron chi connectivity index (χ4n) is 3.97. The molecule has 0 unspecified atom stereocenters. The Morgan fingerprint density at radius 1 is 0.780 bits per heavy atom.